The Kier molecular flexibility index (Phi) is 6.31. The molecule has 1 aliphatic heterocycles. The molecule has 2 aromatic rings. The van der Waals surface area contributed by atoms with Crippen LogP contribution in [0.25, 0.3) is 11.1 Å². The maximum Gasteiger partial charge on any atom is 0.417 e. The quantitative estimate of drug-likeness (QED) is 0.840. The van der Waals surface area contributed by atoms with E-state index in [4.69, 9.17) is 0 Å². The predicted molar refractivity (Wildman–Crippen MR) is 97.5 cm³/mol. The normalized spacial score (nSPS) is 17.5. The first-order valence-corrected chi connectivity index (χ1v) is 8.16. The van der Waals surface area contributed by atoms with Gasteiger partial charge in [0.1, 0.15) is 0 Å². The van der Waals surface area contributed by atoms with E-state index in [1.807, 2.05) is 6.92 Å². The van der Waals surface area contributed by atoms with Crippen LogP contribution in [0, 0.1) is 0 Å². The fraction of sp³-hybridized carbons (Fsp3) is 0.316. The lowest BCUT2D eigenvalue weighted by molar-refractivity contribution is -0.137. The van der Waals surface area contributed by atoms with E-state index in [1.54, 1.807) is 35.2 Å². The first-order chi connectivity index (χ1) is 11.9. The molecule has 3 rings (SSSR count). The Morgan fingerprint density at radius 3 is 2.38 bits per heavy atom. The molecule has 0 saturated carbocycles. The van der Waals surface area contributed by atoms with Crippen LogP contribution in [-0.2, 0) is 6.18 Å². The molecule has 0 radical (unpaired) electrons. The summed E-state index contributed by atoms with van der Waals surface area (Å²) in [7, 11) is 0. The van der Waals surface area contributed by atoms with Crippen LogP contribution < -0.4 is 5.32 Å². The van der Waals surface area contributed by atoms with Gasteiger partial charge in [0, 0.05) is 31.2 Å². The number of nitrogens with one attached hydrogen (secondary N) is 1. The summed E-state index contributed by atoms with van der Waals surface area (Å²) in [5.41, 5.74) is 0.370. The van der Waals surface area contributed by atoms with Gasteiger partial charge in [-0.3, -0.25) is 4.79 Å². The number of carbonyl (C=O) groups excluding carboxylic acids is 1. The summed E-state index contributed by atoms with van der Waals surface area (Å²) >= 11 is 0. The Labute approximate surface area is 156 Å². The van der Waals surface area contributed by atoms with Gasteiger partial charge in [-0.15, -0.1) is 12.4 Å². The van der Waals surface area contributed by atoms with Gasteiger partial charge in [-0.25, -0.2) is 0 Å². The van der Waals surface area contributed by atoms with Gasteiger partial charge >= 0.3 is 6.18 Å². The van der Waals surface area contributed by atoms with E-state index >= 15 is 0 Å². The Balaban J connectivity index is 0.00000243. The highest BCUT2D eigenvalue weighted by atomic mass is 35.5. The number of alkyl halides is 3. The summed E-state index contributed by atoms with van der Waals surface area (Å²) in [5.74, 6) is -0.0929. The van der Waals surface area contributed by atoms with Crippen LogP contribution in [0.3, 0.4) is 0 Å². The third-order valence-electron chi connectivity index (χ3n) is 4.44. The van der Waals surface area contributed by atoms with Crippen molar-refractivity contribution in [1.29, 1.82) is 0 Å². The number of piperazine rings is 1. The first-order valence-electron chi connectivity index (χ1n) is 8.16. The number of halogens is 4. The van der Waals surface area contributed by atoms with E-state index in [0.29, 0.717) is 17.7 Å². The first kappa shape index (κ1) is 20.3. The lowest BCUT2D eigenvalue weighted by Gasteiger charge is -2.34. The van der Waals surface area contributed by atoms with E-state index in [0.717, 1.165) is 19.2 Å². The molecule has 0 aliphatic carbocycles. The van der Waals surface area contributed by atoms with Crippen LogP contribution >= 0.6 is 12.4 Å². The summed E-state index contributed by atoms with van der Waals surface area (Å²) in [6.45, 7) is 4.08. The van der Waals surface area contributed by atoms with Crippen molar-refractivity contribution in [3.8, 4) is 11.1 Å². The van der Waals surface area contributed by atoms with Crippen molar-refractivity contribution in [2.45, 2.75) is 19.1 Å². The van der Waals surface area contributed by atoms with Crippen LogP contribution in [-0.4, -0.2) is 36.5 Å². The molecule has 1 fully saturated rings. The minimum absolute atomic E-state index is 0. The molecule has 1 aliphatic rings. The van der Waals surface area contributed by atoms with Crippen molar-refractivity contribution in [2.75, 3.05) is 19.6 Å². The van der Waals surface area contributed by atoms with Gasteiger partial charge in [0.05, 0.1) is 5.56 Å². The molecule has 1 N–H and O–H groups in total. The molecule has 1 unspecified atom stereocenters. The fourth-order valence-corrected chi connectivity index (χ4v) is 3.08. The molecule has 0 spiro atoms. The SMILES string of the molecule is CC1CNCCN1C(=O)c1ccc(-c2ccccc2C(F)(F)F)cc1.Cl. The Hall–Kier alpha value is -2.05. The number of rotatable bonds is 2. The highest BCUT2D eigenvalue weighted by Crippen LogP contribution is 2.36. The number of carbonyl (C=O) groups is 1. The van der Waals surface area contributed by atoms with Crippen LogP contribution in [0.1, 0.15) is 22.8 Å². The third kappa shape index (κ3) is 4.19. The lowest BCUT2D eigenvalue weighted by atomic mass is 9.98. The molecular formula is C19H20ClF3N2O. The predicted octanol–water partition coefficient (Wildman–Crippen LogP) is 4.23. The highest BCUT2D eigenvalue weighted by Gasteiger charge is 2.33. The van der Waals surface area contributed by atoms with Gasteiger partial charge in [-0.1, -0.05) is 30.3 Å². The summed E-state index contributed by atoms with van der Waals surface area (Å²) in [6, 6.07) is 11.9. The topological polar surface area (TPSA) is 32.3 Å². The smallest absolute Gasteiger partial charge is 0.333 e. The third-order valence-corrected chi connectivity index (χ3v) is 4.44. The van der Waals surface area contributed by atoms with E-state index in [9.17, 15) is 18.0 Å². The minimum Gasteiger partial charge on any atom is -0.333 e. The minimum atomic E-state index is -4.42. The lowest BCUT2D eigenvalue weighted by Crippen LogP contribution is -2.52. The van der Waals surface area contributed by atoms with Crippen LogP contribution in [0.5, 0.6) is 0 Å². The van der Waals surface area contributed by atoms with Crippen LogP contribution in [0.15, 0.2) is 48.5 Å². The summed E-state index contributed by atoms with van der Waals surface area (Å²) in [4.78, 5) is 14.4. The van der Waals surface area contributed by atoms with Gasteiger partial charge in [0.25, 0.3) is 5.91 Å². The summed E-state index contributed by atoms with van der Waals surface area (Å²) in [5, 5.41) is 3.22. The molecular weight excluding hydrogens is 365 g/mol. The number of nitrogens with zero attached hydrogens (tertiary/aromatic N) is 1. The van der Waals surface area contributed by atoms with Crippen molar-refractivity contribution in [1.82, 2.24) is 10.2 Å². The molecule has 2 aromatic carbocycles. The standard InChI is InChI=1S/C19H19F3N2O.ClH/c1-13-12-23-10-11-24(13)18(25)15-8-6-14(7-9-15)16-4-2-3-5-17(16)19(20,21)22;/h2-9,13,23H,10-12H2,1H3;1H. The zero-order valence-electron chi connectivity index (χ0n) is 14.2. The Morgan fingerprint density at radius 1 is 1.12 bits per heavy atom. The van der Waals surface area contributed by atoms with Gasteiger partial charge in [0.15, 0.2) is 0 Å². The molecule has 3 nitrogen and oxygen atoms in total. The molecule has 1 heterocycles. The number of benzene rings is 2. The Morgan fingerprint density at radius 2 is 1.77 bits per heavy atom. The molecule has 7 heteroatoms. The van der Waals surface area contributed by atoms with E-state index in [1.165, 1.54) is 12.1 Å². The van der Waals surface area contributed by atoms with Crippen molar-refractivity contribution >= 4 is 18.3 Å². The summed E-state index contributed by atoms with van der Waals surface area (Å²) < 4.78 is 39.5. The second-order valence-corrected chi connectivity index (χ2v) is 6.17. The molecule has 140 valence electrons. The molecule has 0 bridgehead atoms. The largest absolute Gasteiger partial charge is 0.417 e. The monoisotopic (exact) mass is 384 g/mol. The number of amides is 1. The molecule has 1 amide bonds. The van der Waals surface area contributed by atoms with Gasteiger partial charge < -0.3 is 10.2 Å². The molecule has 1 atom stereocenters. The fourth-order valence-electron chi connectivity index (χ4n) is 3.08. The molecule has 26 heavy (non-hydrogen) atoms. The van der Waals surface area contributed by atoms with Gasteiger partial charge in [-0.2, -0.15) is 13.2 Å². The highest BCUT2D eigenvalue weighted by molar-refractivity contribution is 5.95. The van der Waals surface area contributed by atoms with Crippen molar-refractivity contribution in [2.24, 2.45) is 0 Å². The van der Waals surface area contributed by atoms with E-state index < -0.39 is 11.7 Å². The second-order valence-electron chi connectivity index (χ2n) is 6.17. The van der Waals surface area contributed by atoms with Gasteiger partial charge in [0.2, 0.25) is 0 Å². The average molecular weight is 385 g/mol. The van der Waals surface area contributed by atoms with Crippen molar-refractivity contribution < 1.29 is 18.0 Å². The second kappa shape index (κ2) is 8.10. The molecule has 0 aromatic heterocycles. The van der Waals surface area contributed by atoms with Crippen LogP contribution in [0.4, 0.5) is 13.2 Å². The number of hydrogen-bond donors (Lipinski definition) is 1. The molecule has 1 saturated heterocycles. The van der Waals surface area contributed by atoms with Crippen LogP contribution in [0.2, 0.25) is 0 Å². The maximum atomic E-state index is 13.2. The van der Waals surface area contributed by atoms with Crippen molar-refractivity contribution in [3.05, 3.63) is 59.7 Å². The Bertz CT molecular complexity index is 762. The van der Waals surface area contributed by atoms with Crippen molar-refractivity contribution in [3.63, 3.8) is 0 Å². The average Bonchev–Trinajstić information content (AvgIpc) is 2.61. The number of hydrogen-bond acceptors (Lipinski definition) is 2. The van der Waals surface area contributed by atoms with E-state index in [-0.39, 0.29) is 29.9 Å². The zero-order chi connectivity index (χ0) is 18.0. The van der Waals surface area contributed by atoms with Gasteiger partial charge in [-0.05, 0) is 36.2 Å². The maximum absolute atomic E-state index is 13.2. The summed E-state index contributed by atoms with van der Waals surface area (Å²) in [6.07, 6.45) is -4.42. The van der Waals surface area contributed by atoms with E-state index in [2.05, 4.69) is 5.32 Å². The zero-order valence-corrected chi connectivity index (χ0v) is 15.0.